The van der Waals surface area contributed by atoms with E-state index in [0.717, 1.165) is 29.7 Å². The SMILES string of the molecule is COc1ccc(C)cc1Cn1c(-c2cccc(OCCCOCC(=O)O)c2Cl)nc2c(OC3(C)CC3)ncnc21. The molecule has 1 aliphatic rings. The van der Waals surface area contributed by atoms with Gasteiger partial charge in [-0.2, -0.15) is 4.98 Å². The van der Waals surface area contributed by atoms with Crippen LogP contribution in [0.3, 0.4) is 0 Å². The Bertz CT molecular complexity index is 1530. The molecule has 1 saturated carbocycles. The molecule has 0 spiro atoms. The van der Waals surface area contributed by atoms with E-state index < -0.39 is 5.97 Å². The normalized spacial score (nSPS) is 13.8. The molecule has 1 aliphatic carbocycles. The molecule has 0 amide bonds. The van der Waals surface area contributed by atoms with Crippen molar-refractivity contribution in [3.05, 3.63) is 58.9 Å². The Morgan fingerprint density at radius 2 is 1.98 bits per heavy atom. The predicted octanol–water partition coefficient (Wildman–Crippen LogP) is 5.31. The minimum atomic E-state index is -1.01. The zero-order chi connectivity index (χ0) is 28.3. The first-order valence-corrected chi connectivity index (χ1v) is 13.4. The molecule has 40 heavy (non-hydrogen) atoms. The number of nitrogens with zero attached hydrogens (tertiary/aromatic N) is 4. The van der Waals surface area contributed by atoms with E-state index in [1.165, 1.54) is 6.33 Å². The van der Waals surface area contributed by atoms with Gasteiger partial charge in [-0.3, -0.25) is 0 Å². The zero-order valence-corrected chi connectivity index (χ0v) is 23.4. The fraction of sp³-hybridized carbons (Fsp3) is 0.379. The van der Waals surface area contributed by atoms with Crippen LogP contribution in [0, 0.1) is 6.92 Å². The van der Waals surface area contributed by atoms with E-state index in [4.69, 9.17) is 40.6 Å². The van der Waals surface area contributed by atoms with Crippen LogP contribution in [0.4, 0.5) is 0 Å². The second kappa shape index (κ2) is 11.7. The number of benzene rings is 2. The molecule has 2 aromatic carbocycles. The molecule has 0 radical (unpaired) electrons. The topological polar surface area (TPSA) is 118 Å². The Labute approximate surface area is 236 Å². The third-order valence-electron chi connectivity index (χ3n) is 6.68. The molecule has 2 heterocycles. The van der Waals surface area contributed by atoms with Crippen molar-refractivity contribution in [1.29, 1.82) is 0 Å². The maximum atomic E-state index is 10.6. The van der Waals surface area contributed by atoms with Crippen molar-refractivity contribution in [1.82, 2.24) is 19.5 Å². The molecule has 0 atom stereocenters. The van der Waals surface area contributed by atoms with Crippen LogP contribution >= 0.6 is 11.6 Å². The van der Waals surface area contributed by atoms with Crippen LogP contribution in [0.5, 0.6) is 17.4 Å². The van der Waals surface area contributed by atoms with E-state index >= 15 is 0 Å². The van der Waals surface area contributed by atoms with Crippen LogP contribution in [0.1, 0.15) is 37.3 Å². The van der Waals surface area contributed by atoms with E-state index in [1.54, 1.807) is 13.2 Å². The summed E-state index contributed by atoms with van der Waals surface area (Å²) in [6.07, 6.45) is 3.92. The van der Waals surface area contributed by atoms with Gasteiger partial charge in [0.15, 0.2) is 11.2 Å². The average Bonchev–Trinajstić information content (AvgIpc) is 3.54. The lowest BCUT2D eigenvalue weighted by Crippen LogP contribution is -2.13. The third-order valence-corrected chi connectivity index (χ3v) is 7.07. The van der Waals surface area contributed by atoms with Gasteiger partial charge in [0.25, 0.3) is 0 Å². The van der Waals surface area contributed by atoms with Gasteiger partial charge in [0.05, 0.1) is 31.9 Å². The average molecular weight is 567 g/mol. The number of halogens is 1. The molecule has 11 heteroatoms. The number of aryl methyl sites for hydroxylation is 1. The highest BCUT2D eigenvalue weighted by atomic mass is 35.5. The van der Waals surface area contributed by atoms with Gasteiger partial charge in [-0.25, -0.2) is 14.8 Å². The molecular formula is C29H31ClN4O6. The summed E-state index contributed by atoms with van der Waals surface area (Å²) in [6.45, 7) is 4.74. The van der Waals surface area contributed by atoms with Crippen molar-refractivity contribution >= 4 is 28.7 Å². The quantitative estimate of drug-likeness (QED) is 0.215. The number of rotatable bonds is 13. The summed E-state index contributed by atoms with van der Waals surface area (Å²) < 4.78 is 24.9. The number of carboxylic acids is 1. The highest BCUT2D eigenvalue weighted by molar-refractivity contribution is 6.34. The molecule has 1 fully saturated rings. The molecule has 0 bridgehead atoms. The van der Waals surface area contributed by atoms with Gasteiger partial charge in [0.1, 0.15) is 35.9 Å². The molecular weight excluding hydrogens is 536 g/mol. The lowest BCUT2D eigenvalue weighted by molar-refractivity contribution is -0.142. The van der Waals surface area contributed by atoms with Crippen molar-refractivity contribution in [2.45, 2.75) is 45.3 Å². The van der Waals surface area contributed by atoms with Gasteiger partial charge in [0, 0.05) is 17.5 Å². The van der Waals surface area contributed by atoms with E-state index in [-0.39, 0.29) is 18.8 Å². The number of hydrogen-bond donors (Lipinski definition) is 1. The Hall–Kier alpha value is -3.89. The fourth-order valence-corrected chi connectivity index (χ4v) is 4.62. The second-order valence-corrected chi connectivity index (χ2v) is 10.4. The molecule has 0 aliphatic heterocycles. The summed E-state index contributed by atoms with van der Waals surface area (Å²) in [4.78, 5) is 24.6. The van der Waals surface area contributed by atoms with Gasteiger partial charge < -0.3 is 28.6 Å². The first-order valence-electron chi connectivity index (χ1n) is 13.0. The Kier molecular flexibility index (Phi) is 8.09. The Balaban J connectivity index is 1.52. The van der Waals surface area contributed by atoms with Crippen molar-refractivity contribution in [3.63, 3.8) is 0 Å². The highest BCUT2D eigenvalue weighted by Gasteiger charge is 2.41. The first kappa shape index (κ1) is 27.7. The molecule has 5 rings (SSSR count). The van der Waals surface area contributed by atoms with Crippen LogP contribution in [-0.4, -0.2) is 63.1 Å². The van der Waals surface area contributed by atoms with E-state index in [9.17, 15) is 4.79 Å². The number of aliphatic carboxylic acids is 1. The number of ether oxygens (including phenoxy) is 4. The van der Waals surface area contributed by atoms with Crippen LogP contribution < -0.4 is 14.2 Å². The first-order chi connectivity index (χ1) is 19.3. The summed E-state index contributed by atoms with van der Waals surface area (Å²) >= 11 is 6.89. The maximum absolute atomic E-state index is 10.6. The van der Waals surface area contributed by atoms with Gasteiger partial charge in [-0.1, -0.05) is 35.4 Å². The van der Waals surface area contributed by atoms with E-state index in [1.807, 2.05) is 35.8 Å². The monoisotopic (exact) mass is 566 g/mol. The number of imidazole rings is 1. The van der Waals surface area contributed by atoms with Crippen molar-refractivity contribution < 1.29 is 28.8 Å². The van der Waals surface area contributed by atoms with Gasteiger partial charge in [0.2, 0.25) is 5.88 Å². The summed E-state index contributed by atoms with van der Waals surface area (Å²) in [5.41, 5.74) is 3.64. The Morgan fingerprint density at radius 1 is 1.15 bits per heavy atom. The number of carbonyl (C=O) groups is 1. The molecule has 0 saturated heterocycles. The van der Waals surface area contributed by atoms with E-state index in [2.05, 4.69) is 23.0 Å². The maximum Gasteiger partial charge on any atom is 0.329 e. The molecule has 1 N–H and O–H groups in total. The van der Waals surface area contributed by atoms with Gasteiger partial charge in [-0.15, -0.1) is 0 Å². The van der Waals surface area contributed by atoms with Gasteiger partial charge >= 0.3 is 5.97 Å². The number of fused-ring (bicyclic) bond motifs is 1. The molecule has 2 aromatic heterocycles. The standard InChI is InChI=1S/C29H31ClN4O6/c1-18-8-9-21(37-3)19(14-18)15-34-26(33-25-27(34)31-17-32-28(25)40-29(2)10-11-29)20-6-4-7-22(24(20)30)39-13-5-12-38-16-23(35)36/h4,6-9,14,17H,5,10-13,15-16H2,1-3H3,(H,35,36). The number of methoxy groups -OCH3 is 1. The number of carboxylic acid groups (broad SMARTS) is 1. The summed E-state index contributed by atoms with van der Waals surface area (Å²) in [5.74, 6) is 1.25. The molecule has 210 valence electrons. The highest BCUT2D eigenvalue weighted by Crippen LogP contribution is 2.42. The molecule has 0 unspecified atom stereocenters. The largest absolute Gasteiger partial charge is 0.496 e. The van der Waals surface area contributed by atoms with E-state index in [0.29, 0.717) is 58.8 Å². The Morgan fingerprint density at radius 3 is 2.73 bits per heavy atom. The summed E-state index contributed by atoms with van der Waals surface area (Å²) in [6, 6.07) is 11.5. The van der Waals surface area contributed by atoms with Crippen LogP contribution in [0.25, 0.3) is 22.6 Å². The van der Waals surface area contributed by atoms with Crippen LogP contribution in [-0.2, 0) is 16.1 Å². The third kappa shape index (κ3) is 6.13. The summed E-state index contributed by atoms with van der Waals surface area (Å²) in [5, 5.41) is 9.10. The van der Waals surface area contributed by atoms with Crippen LogP contribution in [0.15, 0.2) is 42.7 Å². The zero-order valence-electron chi connectivity index (χ0n) is 22.6. The minimum Gasteiger partial charge on any atom is -0.496 e. The lowest BCUT2D eigenvalue weighted by Gasteiger charge is -2.15. The smallest absolute Gasteiger partial charge is 0.329 e. The number of aromatic nitrogens is 4. The number of hydrogen-bond acceptors (Lipinski definition) is 8. The minimum absolute atomic E-state index is 0.245. The lowest BCUT2D eigenvalue weighted by atomic mass is 10.1. The summed E-state index contributed by atoms with van der Waals surface area (Å²) in [7, 11) is 1.65. The molecule has 4 aromatic rings. The molecule has 10 nitrogen and oxygen atoms in total. The van der Waals surface area contributed by atoms with Crippen molar-refractivity contribution in [2.24, 2.45) is 0 Å². The van der Waals surface area contributed by atoms with Crippen molar-refractivity contribution in [2.75, 3.05) is 26.9 Å². The second-order valence-electron chi connectivity index (χ2n) is 10.0. The predicted molar refractivity (Wildman–Crippen MR) is 149 cm³/mol. The fourth-order valence-electron chi connectivity index (χ4n) is 4.36. The van der Waals surface area contributed by atoms with Crippen LogP contribution in [0.2, 0.25) is 5.02 Å². The van der Waals surface area contributed by atoms with Crippen molar-refractivity contribution in [3.8, 4) is 28.8 Å². The van der Waals surface area contributed by atoms with Gasteiger partial charge in [-0.05, 0) is 44.9 Å².